The fraction of sp³-hybridized carbons (Fsp3) is 0.750. The summed E-state index contributed by atoms with van der Waals surface area (Å²) in [5.41, 5.74) is 1.22. The molecule has 1 saturated heterocycles. The van der Waals surface area contributed by atoms with Crippen molar-refractivity contribution < 1.29 is 4.74 Å². The first kappa shape index (κ1) is 11.6. The van der Waals surface area contributed by atoms with E-state index in [1.807, 2.05) is 6.20 Å². The third-order valence-electron chi connectivity index (χ3n) is 3.23. The number of hydrogen-bond acceptors (Lipinski definition) is 3. The number of piperidine rings is 1. The first-order valence-corrected chi connectivity index (χ1v) is 6.07. The van der Waals surface area contributed by atoms with Gasteiger partial charge in [-0.3, -0.25) is 0 Å². The molecular weight excluding hydrogens is 202 g/mol. The minimum atomic E-state index is 0.430. The van der Waals surface area contributed by atoms with Gasteiger partial charge in [0.1, 0.15) is 5.82 Å². The number of nitrogens with zero attached hydrogens (tertiary/aromatic N) is 2. The van der Waals surface area contributed by atoms with Crippen LogP contribution < -0.4 is 5.32 Å². The Kier molecular flexibility index (Phi) is 3.96. The quantitative estimate of drug-likeness (QED) is 0.843. The molecule has 90 valence electrons. The summed E-state index contributed by atoms with van der Waals surface area (Å²) in [4.78, 5) is 4.54. The van der Waals surface area contributed by atoms with E-state index in [9.17, 15) is 0 Å². The van der Waals surface area contributed by atoms with Crippen molar-refractivity contribution in [3.63, 3.8) is 0 Å². The van der Waals surface area contributed by atoms with E-state index in [0.717, 1.165) is 19.7 Å². The standard InChI is InChI=1S/C12H21N3O/c1-10-9-14-12(15(10)7-8-16-2)11-5-3-4-6-13-11/h9,11,13H,3-8H2,1-2H3. The zero-order valence-electron chi connectivity index (χ0n) is 10.2. The molecule has 0 aromatic carbocycles. The molecule has 4 nitrogen and oxygen atoms in total. The molecule has 0 bridgehead atoms. The molecule has 2 heterocycles. The highest BCUT2D eigenvalue weighted by atomic mass is 16.5. The average Bonchev–Trinajstić information content (AvgIpc) is 2.69. The number of rotatable bonds is 4. The zero-order valence-corrected chi connectivity index (χ0v) is 10.2. The summed E-state index contributed by atoms with van der Waals surface area (Å²) >= 11 is 0. The highest BCUT2D eigenvalue weighted by Gasteiger charge is 2.20. The van der Waals surface area contributed by atoms with E-state index in [2.05, 4.69) is 21.8 Å². The van der Waals surface area contributed by atoms with E-state index in [1.165, 1.54) is 30.8 Å². The van der Waals surface area contributed by atoms with Gasteiger partial charge in [0.15, 0.2) is 0 Å². The van der Waals surface area contributed by atoms with E-state index in [-0.39, 0.29) is 0 Å². The number of imidazole rings is 1. The van der Waals surface area contributed by atoms with Gasteiger partial charge in [-0.05, 0) is 26.3 Å². The van der Waals surface area contributed by atoms with Crippen LogP contribution in [0.4, 0.5) is 0 Å². The number of aryl methyl sites for hydroxylation is 1. The van der Waals surface area contributed by atoms with Crippen molar-refractivity contribution in [1.82, 2.24) is 14.9 Å². The van der Waals surface area contributed by atoms with Crippen LogP contribution >= 0.6 is 0 Å². The minimum absolute atomic E-state index is 0.430. The third-order valence-corrected chi connectivity index (χ3v) is 3.23. The number of methoxy groups -OCH3 is 1. The lowest BCUT2D eigenvalue weighted by Gasteiger charge is -2.24. The normalized spacial score (nSPS) is 21.2. The fourth-order valence-corrected chi connectivity index (χ4v) is 2.30. The first-order valence-electron chi connectivity index (χ1n) is 6.07. The van der Waals surface area contributed by atoms with Crippen LogP contribution in [0.15, 0.2) is 6.20 Å². The highest BCUT2D eigenvalue weighted by molar-refractivity contribution is 5.08. The van der Waals surface area contributed by atoms with Gasteiger partial charge in [0, 0.05) is 25.5 Å². The van der Waals surface area contributed by atoms with Gasteiger partial charge < -0.3 is 14.6 Å². The van der Waals surface area contributed by atoms with E-state index >= 15 is 0 Å². The summed E-state index contributed by atoms with van der Waals surface area (Å²) < 4.78 is 7.41. The van der Waals surface area contributed by atoms with E-state index in [0.29, 0.717) is 6.04 Å². The first-order chi connectivity index (χ1) is 7.83. The molecular formula is C12H21N3O. The highest BCUT2D eigenvalue weighted by Crippen LogP contribution is 2.22. The summed E-state index contributed by atoms with van der Waals surface area (Å²) in [6, 6.07) is 0.430. The zero-order chi connectivity index (χ0) is 11.4. The molecule has 16 heavy (non-hydrogen) atoms. The molecule has 2 rings (SSSR count). The van der Waals surface area contributed by atoms with E-state index < -0.39 is 0 Å². The summed E-state index contributed by atoms with van der Waals surface area (Å²) in [7, 11) is 1.74. The van der Waals surface area contributed by atoms with Crippen LogP contribution in [0.3, 0.4) is 0 Å². The van der Waals surface area contributed by atoms with Crippen molar-refractivity contribution in [3.05, 3.63) is 17.7 Å². The predicted octanol–water partition coefficient (Wildman–Crippen LogP) is 1.65. The minimum Gasteiger partial charge on any atom is -0.383 e. The molecule has 1 atom stereocenters. The fourth-order valence-electron chi connectivity index (χ4n) is 2.30. The van der Waals surface area contributed by atoms with E-state index in [4.69, 9.17) is 4.74 Å². The Morgan fingerprint density at radius 2 is 2.44 bits per heavy atom. The second-order valence-electron chi connectivity index (χ2n) is 4.40. The third kappa shape index (κ3) is 2.44. The Balaban J connectivity index is 2.12. The monoisotopic (exact) mass is 223 g/mol. The molecule has 1 N–H and O–H groups in total. The SMILES string of the molecule is COCCn1c(C)cnc1C1CCCCN1. The van der Waals surface area contributed by atoms with Gasteiger partial charge in [0.25, 0.3) is 0 Å². The van der Waals surface area contributed by atoms with Crippen LogP contribution in [0.25, 0.3) is 0 Å². The Morgan fingerprint density at radius 1 is 1.56 bits per heavy atom. The van der Waals surface area contributed by atoms with Crippen molar-refractivity contribution in [2.75, 3.05) is 20.3 Å². The molecule has 4 heteroatoms. The maximum Gasteiger partial charge on any atom is 0.126 e. The van der Waals surface area contributed by atoms with Crippen LogP contribution in [0.2, 0.25) is 0 Å². The number of ether oxygens (including phenoxy) is 1. The molecule has 0 aliphatic carbocycles. The Bertz CT molecular complexity index is 329. The molecule has 1 fully saturated rings. The lowest BCUT2D eigenvalue weighted by Crippen LogP contribution is -2.29. The van der Waals surface area contributed by atoms with Crippen LogP contribution in [-0.2, 0) is 11.3 Å². The molecule has 1 aliphatic rings. The number of aromatic nitrogens is 2. The van der Waals surface area contributed by atoms with E-state index in [1.54, 1.807) is 7.11 Å². The van der Waals surface area contributed by atoms with Crippen LogP contribution in [0, 0.1) is 6.92 Å². The van der Waals surface area contributed by atoms with Gasteiger partial charge in [-0.15, -0.1) is 0 Å². The van der Waals surface area contributed by atoms with Gasteiger partial charge in [0.2, 0.25) is 0 Å². The lowest BCUT2D eigenvalue weighted by molar-refractivity contribution is 0.184. The van der Waals surface area contributed by atoms with Gasteiger partial charge >= 0.3 is 0 Å². The summed E-state index contributed by atoms with van der Waals surface area (Å²) in [6.07, 6.45) is 5.74. The molecule has 0 amide bonds. The van der Waals surface area contributed by atoms with Gasteiger partial charge in [-0.2, -0.15) is 0 Å². The Hall–Kier alpha value is -0.870. The molecule has 1 unspecified atom stereocenters. The van der Waals surface area contributed by atoms with Crippen molar-refractivity contribution >= 4 is 0 Å². The topological polar surface area (TPSA) is 39.1 Å². The van der Waals surface area contributed by atoms with Crippen molar-refractivity contribution in [2.24, 2.45) is 0 Å². The molecule has 1 aromatic heterocycles. The van der Waals surface area contributed by atoms with Crippen molar-refractivity contribution in [3.8, 4) is 0 Å². The molecule has 0 saturated carbocycles. The van der Waals surface area contributed by atoms with Gasteiger partial charge in [-0.25, -0.2) is 4.98 Å². The van der Waals surface area contributed by atoms with Crippen molar-refractivity contribution in [2.45, 2.75) is 38.8 Å². The maximum atomic E-state index is 5.14. The molecule has 1 aromatic rings. The van der Waals surface area contributed by atoms with Gasteiger partial charge in [-0.1, -0.05) is 6.42 Å². The summed E-state index contributed by atoms with van der Waals surface area (Å²) in [5.74, 6) is 1.18. The molecule has 0 radical (unpaired) electrons. The second kappa shape index (κ2) is 5.46. The smallest absolute Gasteiger partial charge is 0.126 e. The molecule has 1 aliphatic heterocycles. The maximum absolute atomic E-state index is 5.14. The molecule has 0 spiro atoms. The second-order valence-corrected chi connectivity index (χ2v) is 4.40. The van der Waals surface area contributed by atoms with Crippen LogP contribution in [0.1, 0.15) is 36.8 Å². The lowest BCUT2D eigenvalue weighted by atomic mass is 10.0. The van der Waals surface area contributed by atoms with Gasteiger partial charge in [0.05, 0.1) is 12.6 Å². The largest absolute Gasteiger partial charge is 0.383 e. The Morgan fingerprint density at radius 3 is 3.12 bits per heavy atom. The average molecular weight is 223 g/mol. The number of hydrogen-bond donors (Lipinski definition) is 1. The van der Waals surface area contributed by atoms with Crippen LogP contribution in [0.5, 0.6) is 0 Å². The Labute approximate surface area is 97.0 Å². The van der Waals surface area contributed by atoms with Crippen molar-refractivity contribution in [1.29, 1.82) is 0 Å². The van der Waals surface area contributed by atoms with Crippen LogP contribution in [-0.4, -0.2) is 29.8 Å². The summed E-state index contributed by atoms with van der Waals surface area (Å²) in [5, 5.41) is 3.54. The number of nitrogens with one attached hydrogen (secondary N) is 1. The summed E-state index contributed by atoms with van der Waals surface area (Å²) in [6.45, 7) is 4.86. The predicted molar refractivity (Wildman–Crippen MR) is 63.4 cm³/mol.